The van der Waals surface area contributed by atoms with E-state index in [4.69, 9.17) is 9.47 Å². The van der Waals surface area contributed by atoms with Crippen molar-refractivity contribution in [3.05, 3.63) is 18.5 Å². The van der Waals surface area contributed by atoms with E-state index in [9.17, 15) is 0 Å². The monoisotopic (exact) mass is 321 g/mol. The third kappa shape index (κ3) is 3.09. The van der Waals surface area contributed by atoms with Gasteiger partial charge in [0.25, 0.3) is 0 Å². The Morgan fingerprint density at radius 1 is 1.27 bits per heavy atom. The highest BCUT2D eigenvalue weighted by molar-refractivity contribution is 8.01. The predicted molar refractivity (Wildman–Crippen MR) is 87.3 cm³/mol. The Labute approximate surface area is 135 Å². The van der Waals surface area contributed by atoms with E-state index in [0.29, 0.717) is 16.8 Å². The molecule has 120 valence electrons. The first kappa shape index (κ1) is 14.7. The van der Waals surface area contributed by atoms with Crippen molar-refractivity contribution in [2.24, 2.45) is 5.92 Å². The lowest BCUT2D eigenvalue weighted by atomic mass is 9.93. The molecular formula is C16H23N3O2S. The second kappa shape index (κ2) is 6.34. The van der Waals surface area contributed by atoms with Crippen LogP contribution in [0.3, 0.4) is 0 Å². The van der Waals surface area contributed by atoms with Crippen molar-refractivity contribution >= 4 is 17.7 Å². The normalized spacial score (nSPS) is 28.0. The number of ether oxygens (including phenoxy) is 2. The van der Waals surface area contributed by atoms with Gasteiger partial charge in [-0.2, -0.15) is 0 Å². The van der Waals surface area contributed by atoms with E-state index in [1.165, 1.54) is 6.42 Å². The first-order chi connectivity index (χ1) is 10.8. The van der Waals surface area contributed by atoms with Crippen LogP contribution in [-0.4, -0.2) is 59.5 Å². The number of rotatable bonds is 4. The van der Waals surface area contributed by atoms with Crippen LogP contribution in [0.2, 0.25) is 0 Å². The fourth-order valence-corrected chi connectivity index (χ4v) is 5.11. The lowest BCUT2D eigenvalue weighted by Gasteiger charge is -2.47. The summed E-state index contributed by atoms with van der Waals surface area (Å²) in [4.78, 5) is 10.9. The Morgan fingerprint density at radius 3 is 2.82 bits per heavy atom. The molecule has 1 atom stereocenters. The molecule has 0 N–H and O–H groups in total. The lowest BCUT2D eigenvalue weighted by molar-refractivity contribution is -0.00652. The summed E-state index contributed by atoms with van der Waals surface area (Å²) < 4.78 is 12.0. The molecule has 1 spiro atoms. The van der Waals surface area contributed by atoms with E-state index in [2.05, 4.69) is 26.6 Å². The summed E-state index contributed by atoms with van der Waals surface area (Å²) >= 11 is 2.08. The minimum absolute atomic E-state index is 0.375. The Kier molecular flexibility index (Phi) is 4.24. The topological polar surface area (TPSA) is 47.5 Å². The van der Waals surface area contributed by atoms with Crippen LogP contribution in [0.4, 0.5) is 5.95 Å². The third-order valence-electron chi connectivity index (χ3n) is 4.88. The van der Waals surface area contributed by atoms with Gasteiger partial charge in [-0.15, -0.1) is 11.8 Å². The second-order valence-corrected chi connectivity index (χ2v) is 8.10. The third-order valence-corrected chi connectivity index (χ3v) is 6.45. The van der Waals surface area contributed by atoms with Gasteiger partial charge in [0.15, 0.2) is 0 Å². The standard InChI is InChI=1S/C16H23N3O2S/c1-4-17-15(18-5-1)19-11-16(12-19)8-14(10-22-16)21-9-13-2-6-20-7-3-13/h1,4-5,13-14H,2-3,6-12H2. The molecule has 6 heteroatoms. The summed E-state index contributed by atoms with van der Waals surface area (Å²) in [6.07, 6.45) is 7.54. The van der Waals surface area contributed by atoms with Crippen molar-refractivity contribution in [2.75, 3.05) is 43.6 Å². The summed E-state index contributed by atoms with van der Waals surface area (Å²) in [5.41, 5.74) is 0. The number of anilines is 1. The fraction of sp³-hybridized carbons (Fsp3) is 0.750. The minimum Gasteiger partial charge on any atom is -0.381 e. The molecule has 1 aromatic heterocycles. The van der Waals surface area contributed by atoms with Crippen molar-refractivity contribution in [1.29, 1.82) is 0 Å². The van der Waals surface area contributed by atoms with Crippen LogP contribution < -0.4 is 4.90 Å². The molecule has 1 aromatic rings. The molecule has 1 unspecified atom stereocenters. The number of hydrogen-bond acceptors (Lipinski definition) is 6. The average molecular weight is 321 g/mol. The highest BCUT2D eigenvalue weighted by Gasteiger charge is 2.50. The molecular weight excluding hydrogens is 298 g/mol. The lowest BCUT2D eigenvalue weighted by Crippen LogP contribution is -2.59. The van der Waals surface area contributed by atoms with Crippen LogP contribution in [0.1, 0.15) is 19.3 Å². The summed E-state index contributed by atoms with van der Waals surface area (Å²) in [7, 11) is 0. The summed E-state index contributed by atoms with van der Waals surface area (Å²) in [5.74, 6) is 2.69. The number of thioether (sulfide) groups is 1. The van der Waals surface area contributed by atoms with Gasteiger partial charge in [0.1, 0.15) is 0 Å². The van der Waals surface area contributed by atoms with Gasteiger partial charge in [-0.1, -0.05) is 0 Å². The smallest absolute Gasteiger partial charge is 0.225 e. The molecule has 0 aliphatic carbocycles. The maximum Gasteiger partial charge on any atom is 0.225 e. The Balaban J connectivity index is 1.23. The van der Waals surface area contributed by atoms with Crippen LogP contribution in [0.5, 0.6) is 0 Å². The minimum atomic E-state index is 0.375. The number of hydrogen-bond donors (Lipinski definition) is 0. The first-order valence-electron chi connectivity index (χ1n) is 8.18. The Bertz CT molecular complexity index is 489. The summed E-state index contributed by atoms with van der Waals surface area (Å²) in [5, 5.41) is 0. The Hall–Kier alpha value is -0.850. The number of nitrogens with zero attached hydrogens (tertiary/aromatic N) is 3. The van der Waals surface area contributed by atoms with Crippen molar-refractivity contribution in [1.82, 2.24) is 9.97 Å². The quantitative estimate of drug-likeness (QED) is 0.845. The van der Waals surface area contributed by atoms with Crippen molar-refractivity contribution < 1.29 is 9.47 Å². The average Bonchev–Trinajstić information content (AvgIpc) is 2.98. The molecule has 0 bridgehead atoms. The van der Waals surface area contributed by atoms with Gasteiger partial charge >= 0.3 is 0 Å². The van der Waals surface area contributed by atoms with Crippen LogP contribution in [0.15, 0.2) is 18.5 Å². The summed E-state index contributed by atoms with van der Waals surface area (Å²) in [6, 6.07) is 1.86. The molecule has 3 fully saturated rings. The van der Waals surface area contributed by atoms with E-state index in [0.717, 1.165) is 57.5 Å². The van der Waals surface area contributed by atoms with Gasteiger partial charge in [0, 0.05) is 51.1 Å². The highest BCUT2D eigenvalue weighted by atomic mass is 32.2. The molecule has 0 radical (unpaired) electrons. The van der Waals surface area contributed by atoms with Crippen molar-refractivity contribution in [3.8, 4) is 0 Å². The van der Waals surface area contributed by atoms with Crippen LogP contribution in [0, 0.1) is 5.92 Å². The van der Waals surface area contributed by atoms with E-state index >= 15 is 0 Å². The molecule has 3 aliphatic heterocycles. The fourth-order valence-electron chi connectivity index (χ4n) is 3.56. The molecule has 3 saturated heterocycles. The molecule has 0 aromatic carbocycles. The first-order valence-corrected chi connectivity index (χ1v) is 9.17. The van der Waals surface area contributed by atoms with Crippen LogP contribution in [0.25, 0.3) is 0 Å². The van der Waals surface area contributed by atoms with E-state index < -0.39 is 0 Å². The van der Waals surface area contributed by atoms with Gasteiger partial charge < -0.3 is 14.4 Å². The molecule has 0 saturated carbocycles. The molecule has 4 heterocycles. The van der Waals surface area contributed by atoms with E-state index in [1.54, 1.807) is 0 Å². The van der Waals surface area contributed by atoms with Gasteiger partial charge in [0.05, 0.1) is 10.9 Å². The van der Waals surface area contributed by atoms with Crippen LogP contribution >= 0.6 is 11.8 Å². The second-order valence-electron chi connectivity index (χ2n) is 6.61. The van der Waals surface area contributed by atoms with E-state index in [1.807, 2.05) is 18.5 Å². The highest BCUT2D eigenvalue weighted by Crippen LogP contribution is 2.46. The van der Waals surface area contributed by atoms with Gasteiger partial charge in [-0.05, 0) is 31.2 Å². The molecule has 3 aliphatic rings. The largest absolute Gasteiger partial charge is 0.381 e. The predicted octanol–water partition coefficient (Wildman–Crippen LogP) is 1.98. The van der Waals surface area contributed by atoms with Crippen molar-refractivity contribution in [2.45, 2.75) is 30.1 Å². The summed E-state index contributed by atoms with van der Waals surface area (Å²) in [6.45, 7) is 4.83. The zero-order valence-corrected chi connectivity index (χ0v) is 13.6. The molecule has 22 heavy (non-hydrogen) atoms. The van der Waals surface area contributed by atoms with E-state index in [-0.39, 0.29) is 0 Å². The van der Waals surface area contributed by atoms with Crippen LogP contribution in [-0.2, 0) is 9.47 Å². The SMILES string of the molecule is c1cnc(N2CC3(CC(OCC4CCOCC4)CS3)C2)nc1. The molecule has 0 amide bonds. The molecule has 5 nitrogen and oxygen atoms in total. The van der Waals surface area contributed by atoms with Gasteiger partial charge in [-0.3, -0.25) is 0 Å². The van der Waals surface area contributed by atoms with Gasteiger partial charge in [0.2, 0.25) is 5.95 Å². The number of aromatic nitrogens is 2. The zero-order chi connectivity index (χ0) is 14.8. The molecule has 4 rings (SSSR count). The Morgan fingerprint density at radius 2 is 2.05 bits per heavy atom. The maximum absolute atomic E-state index is 6.19. The van der Waals surface area contributed by atoms with Gasteiger partial charge in [-0.25, -0.2) is 9.97 Å². The van der Waals surface area contributed by atoms with Crippen molar-refractivity contribution in [3.63, 3.8) is 0 Å². The zero-order valence-electron chi connectivity index (χ0n) is 12.8. The maximum atomic E-state index is 6.19.